The first-order chi connectivity index (χ1) is 9.19. The number of aromatic nitrogens is 3. The average Bonchev–Trinajstić information content (AvgIpc) is 3.26. The van der Waals surface area contributed by atoms with E-state index in [-0.39, 0.29) is 5.56 Å². The van der Waals surface area contributed by atoms with Crippen molar-refractivity contribution in [2.24, 2.45) is 0 Å². The van der Waals surface area contributed by atoms with Crippen molar-refractivity contribution >= 4 is 0 Å². The zero-order chi connectivity index (χ0) is 13.4. The first-order valence-electron chi connectivity index (χ1n) is 6.29. The summed E-state index contributed by atoms with van der Waals surface area (Å²) in [6, 6.07) is 1.85. The molecule has 5 nitrogen and oxygen atoms in total. The van der Waals surface area contributed by atoms with Crippen LogP contribution in [0.4, 0.5) is 0 Å². The number of hydrogen-bond acceptors (Lipinski definition) is 4. The fourth-order valence-corrected chi connectivity index (χ4v) is 2.04. The van der Waals surface area contributed by atoms with Crippen molar-refractivity contribution in [3.05, 3.63) is 40.2 Å². The molecule has 19 heavy (non-hydrogen) atoms. The van der Waals surface area contributed by atoms with Crippen LogP contribution in [0.1, 0.15) is 30.1 Å². The Morgan fingerprint density at radius 3 is 2.84 bits per heavy atom. The lowest BCUT2D eigenvalue weighted by Crippen LogP contribution is -2.15. The van der Waals surface area contributed by atoms with Gasteiger partial charge < -0.3 is 9.72 Å². The first kappa shape index (κ1) is 11.9. The van der Waals surface area contributed by atoms with E-state index < -0.39 is 0 Å². The van der Waals surface area contributed by atoms with Gasteiger partial charge in [0.15, 0.2) is 0 Å². The second-order valence-electron chi connectivity index (χ2n) is 4.81. The normalized spacial score (nSPS) is 14.4. The van der Waals surface area contributed by atoms with Gasteiger partial charge >= 0.3 is 0 Å². The molecule has 0 bridgehead atoms. The van der Waals surface area contributed by atoms with Crippen LogP contribution in [0.25, 0.3) is 11.3 Å². The highest BCUT2D eigenvalue weighted by Crippen LogP contribution is 2.38. The lowest BCUT2D eigenvalue weighted by atomic mass is 10.1. The number of aromatic amines is 1. The summed E-state index contributed by atoms with van der Waals surface area (Å²) in [6.07, 6.45) is 5.53. The molecule has 1 N–H and O–H groups in total. The molecule has 2 aromatic heterocycles. The Kier molecular flexibility index (Phi) is 2.81. The summed E-state index contributed by atoms with van der Waals surface area (Å²) in [5.41, 5.74) is 2.04. The number of ether oxygens (including phenoxy) is 1. The van der Waals surface area contributed by atoms with Gasteiger partial charge in [0.25, 0.3) is 5.56 Å². The molecule has 1 aliphatic carbocycles. The van der Waals surface area contributed by atoms with Gasteiger partial charge in [-0.05, 0) is 25.8 Å². The van der Waals surface area contributed by atoms with Gasteiger partial charge in [-0.3, -0.25) is 9.78 Å². The minimum Gasteiger partial charge on any atom is -0.495 e. The van der Waals surface area contributed by atoms with Crippen molar-refractivity contribution in [2.75, 3.05) is 7.11 Å². The minimum atomic E-state index is -0.0743. The van der Waals surface area contributed by atoms with Gasteiger partial charge in [-0.1, -0.05) is 0 Å². The average molecular weight is 257 g/mol. The largest absolute Gasteiger partial charge is 0.495 e. The molecule has 1 saturated carbocycles. The second kappa shape index (κ2) is 4.50. The molecule has 1 fully saturated rings. The first-order valence-corrected chi connectivity index (χ1v) is 6.29. The van der Waals surface area contributed by atoms with Gasteiger partial charge in [0.1, 0.15) is 11.6 Å². The van der Waals surface area contributed by atoms with Gasteiger partial charge in [0.2, 0.25) is 0 Å². The highest BCUT2D eigenvalue weighted by atomic mass is 16.5. The van der Waals surface area contributed by atoms with E-state index in [0.717, 1.165) is 24.2 Å². The molecule has 0 aromatic carbocycles. The van der Waals surface area contributed by atoms with E-state index in [2.05, 4.69) is 15.0 Å². The highest BCUT2D eigenvalue weighted by Gasteiger charge is 2.27. The maximum Gasteiger partial charge on any atom is 0.254 e. The second-order valence-corrected chi connectivity index (χ2v) is 4.81. The number of nitrogens with one attached hydrogen (secondary N) is 1. The number of methoxy groups -OCH3 is 1. The predicted molar refractivity (Wildman–Crippen MR) is 71.4 cm³/mol. The lowest BCUT2D eigenvalue weighted by Gasteiger charge is -2.08. The number of rotatable bonds is 3. The molecule has 3 rings (SSSR count). The van der Waals surface area contributed by atoms with Crippen molar-refractivity contribution in [3.8, 4) is 17.0 Å². The maximum atomic E-state index is 12.0. The van der Waals surface area contributed by atoms with E-state index in [9.17, 15) is 4.79 Å². The molecule has 2 aromatic rings. The molecule has 1 aliphatic rings. The Bertz CT molecular complexity index is 675. The van der Waals surface area contributed by atoms with Crippen LogP contribution < -0.4 is 10.3 Å². The summed E-state index contributed by atoms with van der Waals surface area (Å²) in [7, 11) is 1.59. The summed E-state index contributed by atoms with van der Waals surface area (Å²) >= 11 is 0. The number of H-pyrrole nitrogens is 1. The minimum absolute atomic E-state index is 0.0743. The van der Waals surface area contributed by atoms with Gasteiger partial charge in [0, 0.05) is 23.2 Å². The Labute approximate surface area is 110 Å². The standard InChI is InChI=1S/C14H15N3O2/c1-8-12(10-5-11(19-2)7-15-6-10)16-13(9-3-4-9)17-14(8)18/h5-7,9H,3-4H2,1-2H3,(H,16,17,18). The Morgan fingerprint density at radius 2 is 2.16 bits per heavy atom. The van der Waals surface area contributed by atoms with E-state index >= 15 is 0 Å². The van der Waals surface area contributed by atoms with Crippen molar-refractivity contribution in [2.45, 2.75) is 25.7 Å². The zero-order valence-corrected chi connectivity index (χ0v) is 10.9. The fraction of sp³-hybridized carbons (Fsp3) is 0.357. The fourth-order valence-electron chi connectivity index (χ4n) is 2.04. The van der Waals surface area contributed by atoms with Crippen LogP contribution in [0.2, 0.25) is 0 Å². The molecule has 0 aliphatic heterocycles. The third-order valence-electron chi connectivity index (χ3n) is 3.36. The number of hydrogen-bond donors (Lipinski definition) is 1. The van der Waals surface area contributed by atoms with Crippen molar-refractivity contribution in [3.63, 3.8) is 0 Å². The molecule has 0 atom stereocenters. The van der Waals surface area contributed by atoms with Gasteiger partial charge in [-0.25, -0.2) is 4.98 Å². The van der Waals surface area contributed by atoms with Crippen molar-refractivity contribution in [1.29, 1.82) is 0 Å². The van der Waals surface area contributed by atoms with E-state index in [0.29, 0.717) is 22.9 Å². The van der Waals surface area contributed by atoms with Gasteiger partial charge in [-0.15, -0.1) is 0 Å². The molecule has 0 radical (unpaired) electrons. The smallest absolute Gasteiger partial charge is 0.254 e. The topological polar surface area (TPSA) is 67.9 Å². The molecule has 0 saturated heterocycles. The summed E-state index contributed by atoms with van der Waals surface area (Å²) in [4.78, 5) is 23.5. The van der Waals surface area contributed by atoms with E-state index in [1.54, 1.807) is 26.4 Å². The summed E-state index contributed by atoms with van der Waals surface area (Å²) in [6.45, 7) is 1.78. The maximum absolute atomic E-state index is 12.0. The third kappa shape index (κ3) is 2.23. The molecule has 5 heteroatoms. The van der Waals surface area contributed by atoms with E-state index in [1.165, 1.54) is 0 Å². The quantitative estimate of drug-likeness (QED) is 0.913. The number of nitrogens with zero attached hydrogens (tertiary/aromatic N) is 2. The Morgan fingerprint density at radius 1 is 1.37 bits per heavy atom. The van der Waals surface area contributed by atoms with Crippen molar-refractivity contribution < 1.29 is 4.74 Å². The summed E-state index contributed by atoms with van der Waals surface area (Å²) in [5, 5.41) is 0. The summed E-state index contributed by atoms with van der Waals surface area (Å²) < 4.78 is 5.16. The molecular weight excluding hydrogens is 242 g/mol. The van der Waals surface area contributed by atoms with Crippen LogP contribution in [0.3, 0.4) is 0 Å². The van der Waals surface area contributed by atoms with Gasteiger partial charge in [0.05, 0.1) is 19.0 Å². The molecule has 0 unspecified atom stereocenters. The van der Waals surface area contributed by atoms with Crippen LogP contribution in [-0.4, -0.2) is 22.1 Å². The number of pyridine rings is 1. The van der Waals surface area contributed by atoms with Crippen LogP contribution in [0.5, 0.6) is 5.75 Å². The van der Waals surface area contributed by atoms with Crippen molar-refractivity contribution in [1.82, 2.24) is 15.0 Å². The predicted octanol–water partition coefficient (Wildman–Crippen LogP) is 2.03. The molecule has 2 heterocycles. The molecule has 98 valence electrons. The van der Waals surface area contributed by atoms with Crippen LogP contribution >= 0.6 is 0 Å². The van der Waals surface area contributed by atoms with Crippen LogP contribution in [0, 0.1) is 6.92 Å². The summed E-state index contributed by atoms with van der Waals surface area (Å²) in [5.74, 6) is 1.85. The molecular formula is C14H15N3O2. The Balaban J connectivity index is 2.14. The van der Waals surface area contributed by atoms with Crippen LogP contribution in [0.15, 0.2) is 23.3 Å². The Hall–Kier alpha value is -2.17. The zero-order valence-electron chi connectivity index (χ0n) is 10.9. The molecule has 0 amide bonds. The van der Waals surface area contributed by atoms with E-state index in [4.69, 9.17) is 4.74 Å². The monoisotopic (exact) mass is 257 g/mol. The lowest BCUT2D eigenvalue weighted by molar-refractivity contribution is 0.413. The van der Waals surface area contributed by atoms with E-state index in [1.807, 2.05) is 6.07 Å². The molecule has 0 spiro atoms. The van der Waals surface area contributed by atoms with Gasteiger partial charge in [-0.2, -0.15) is 0 Å². The third-order valence-corrected chi connectivity index (χ3v) is 3.36. The van der Waals surface area contributed by atoms with Crippen LogP contribution in [-0.2, 0) is 0 Å². The SMILES string of the molecule is COc1cncc(-c2nc(C3CC3)[nH]c(=O)c2C)c1. The highest BCUT2D eigenvalue weighted by molar-refractivity contribution is 5.63.